The molecule has 35 heavy (non-hydrogen) atoms. The minimum Gasteiger partial charge on any atom is -0.378 e. The Kier molecular flexibility index (Phi) is 7.55. The Morgan fingerprint density at radius 3 is 1.83 bits per heavy atom. The molecule has 1 N–H and O–H groups in total. The van der Waals surface area contributed by atoms with Crippen molar-refractivity contribution in [3.8, 4) is 11.3 Å². The number of hydrogen-bond donors (Lipinski definition) is 1. The van der Waals surface area contributed by atoms with Gasteiger partial charge in [0.1, 0.15) is 0 Å². The molecule has 180 valence electrons. The summed E-state index contributed by atoms with van der Waals surface area (Å²) in [6, 6.07) is 32.2. The summed E-state index contributed by atoms with van der Waals surface area (Å²) in [6.45, 7) is 9.05. The quantitative estimate of drug-likeness (QED) is 0.285. The van der Waals surface area contributed by atoms with Crippen LogP contribution in [-0.4, -0.2) is 19.1 Å². The molecule has 1 unspecified atom stereocenters. The number of nitrogens with zero attached hydrogens (tertiary/aromatic N) is 2. The molecule has 1 aromatic heterocycles. The molecule has 1 atom stereocenters. The van der Waals surface area contributed by atoms with E-state index < -0.39 is 0 Å². The summed E-state index contributed by atoms with van der Waals surface area (Å²) in [5.74, 6) is 0.837. The first-order chi connectivity index (χ1) is 16.8. The molecule has 3 nitrogen and oxygen atoms in total. The third-order valence-electron chi connectivity index (χ3n) is 6.54. The highest BCUT2D eigenvalue weighted by Gasteiger charge is 2.21. The van der Waals surface area contributed by atoms with Gasteiger partial charge < -0.3 is 10.2 Å². The molecule has 0 bridgehead atoms. The van der Waals surface area contributed by atoms with E-state index in [1.54, 1.807) is 0 Å². The summed E-state index contributed by atoms with van der Waals surface area (Å²) >= 11 is 0. The largest absolute Gasteiger partial charge is 0.378 e. The minimum atomic E-state index is -0.0606. The number of aromatic nitrogens is 1. The van der Waals surface area contributed by atoms with E-state index in [1.165, 1.54) is 28.1 Å². The van der Waals surface area contributed by atoms with Crippen molar-refractivity contribution in [1.29, 1.82) is 0 Å². The van der Waals surface area contributed by atoms with Crippen LogP contribution in [0.1, 0.15) is 68.0 Å². The molecule has 0 aliphatic rings. The molecule has 4 aromatic rings. The number of para-hydroxylation sites is 1. The van der Waals surface area contributed by atoms with E-state index in [0.717, 1.165) is 17.0 Å². The van der Waals surface area contributed by atoms with Crippen molar-refractivity contribution in [3.63, 3.8) is 0 Å². The van der Waals surface area contributed by atoms with Crippen LogP contribution >= 0.6 is 0 Å². The summed E-state index contributed by atoms with van der Waals surface area (Å²) < 4.78 is 0. The molecule has 3 heteroatoms. The van der Waals surface area contributed by atoms with Crippen LogP contribution in [0.3, 0.4) is 0 Å². The fourth-order valence-electron chi connectivity index (χ4n) is 4.54. The van der Waals surface area contributed by atoms with Crippen molar-refractivity contribution >= 4 is 11.4 Å². The zero-order valence-corrected chi connectivity index (χ0v) is 21.8. The van der Waals surface area contributed by atoms with E-state index in [2.05, 4.69) is 143 Å². The molecule has 0 radical (unpaired) electrons. The standard InChI is InChI=1S/C32H37N3/c1-22(2)27-14-10-15-28(23(3)4)32(27)34-31(25-12-8-7-9-13-25)30-17-11-16-29(33-30)24-18-20-26(21-19-24)35(5)6/h7-23,31,34H,1-6H3. The van der Waals surface area contributed by atoms with Gasteiger partial charge in [0.05, 0.1) is 17.4 Å². The van der Waals surface area contributed by atoms with E-state index >= 15 is 0 Å². The molecule has 0 saturated carbocycles. The number of nitrogens with one attached hydrogen (secondary N) is 1. The van der Waals surface area contributed by atoms with E-state index in [-0.39, 0.29) is 6.04 Å². The molecule has 1 heterocycles. The highest BCUT2D eigenvalue weighted by Crippen LogP contribution is 2.36. The van der Waals surface area contributed by atoms with Gasteiger partial charge >= 0.3 is 0 Å². The van der Waals surface area contributed by atoms with Crippen molar-refractivity contribution in [1.82, 2.24) is 4.98 Å². The topological polar surface area (TPSA) is 28.2 Å². The molecular weight excluding hydrogens is 426 g/mol. The fourth-order valence-corrected chi connectivity index (χ4v) is 4.54. The van der Waals surface area contributed by atoms with Crippen LogP contribution in [0.15, 0.2) is 91.0 Å². The Hall–Kier alpha value is -3.59. The summed E-state index contributed by atoms with van der Waals surface area (Å²) in [5, 5.41) is 3.95. The third kappa shape index (κ3) is 5.57. The number of benzene rings is 3. The van der Waals surface area contributed by atoms with E-state index in [0.29, 0.717) is 11.8 Å². The van der Waals surface area contributed by atoms with Crippen molar-refractivity contribution in [2.24, 2.45) is 0 Å². The second kappa shape index (κ2) is 10.8. The summed E-state index contributed by atoms with van der Waals surface area (Å²) in [7, 11) is 4.12. The molecule has 0 amide bonds. The Bertz CT molecular complexity index is 1220. The lowest BCUT2D eigenvalue weighted by atomic mass is 9.91. The molecule has 3 aromatic carbocycles. The monoisotopic (exact) mass is 463 g/mol. The van der Waals surface area contributed by atoms with Crippen LogP contribution in [-0.2, 0) is 0 Å². The lowest BCUT2D eigenvalue weighted by Crippen LogP contribution is -2.17. The first-order valence-electron chi connectivity index (χ1n) is 12.5. The van der Waals surface area contributed by atoms with Crippen molar-refractivity contribution < 1.29 is 0 Å². The van der Waals surface area contributed by atoms with Gasteiger partial charge in [0.2, 0.25) is 0 Å². The third-order valence-corrected chi connectivity index (χ3v) is 6.54. The predicted molar refractivity (Wildman–Crippen MR) is 151 cm³/mol. The summed E-state index contributed by atoms with van der Waals surface area (Å²) in [6.07, 6.45) is 0. The molecule has 0 spiro atoms. The van der Waals surface area contributed by atoms with Crippen molar-refractivity contribution in [2.45, 2.75) is 45.6 Å². The lowest BCUT2D eigenvalue weighted by Gasteiger charge is -2.27. The van der Waals surface area contributed by atoms with Gasteiger partial charge in [-0.3, -0.25) is 4.98 Å². The van der Waals surface area contributed by atoms with Gasteiger partial charge in [-0.2, -0.15) is 0 Å². The number of anilines is 2. The maximum absolute atomic E-state index is 5.16. The van der Waals surface area contributed by atoms with E-state index in [9.17, 15) is 0 Å². The van der Waals surface area contributed by atoms with Gasteiger partial charge in [-0.15, -0.1) is 0 Å². The molecule has 0 aliphatic heterocycles. The van der Waals surface area contributed by atoms with Crippen LogP contribution in [0.5, 0.6) is 0 Å². The van der Waals surface area contributed by atoms with Crippen molar-refractivity contribution in [3.05, 3.63) is 113 Å². The minimum absolute atomic E-state index is 0.0606. The van der Waals surface area contributed by atoms with Crippen LogP contribution < -0.4 is 10.2 Å². The maximum Gasteiger partial charge on any atom is 0.0940 e. The number of rotatable bonds is 8. The first kappa shape index (κ1) is 24.5. The zero-order valence-electron chi connectivity index (χ0n) is 21.8. The Balaban J connectivity index is 1.80. The highest BCUT2D eigenvalue weighted by atomic mass is 15.1. The van der Waals surface area contributed by atoms with E-state index in [1.807, 2.05) is 0 Å². The van der Waals surface area contributed by atoms with Crippen LogP contribution in [0, 0.1) is 0 Å². The number of hydrogen-bond acceptors (Lipinski definition) is 3. The van der Waals surface area contributed by atoms with Crippen LogP contribution in [0.2, 0.25) is 0 Å². The summed E-state index contributed by atoms with van der Waals surface area (Å²) in [4.78, 5) is 7.28. The molecular formula is C32H37N3. The SMILES string of the molecule is CC(C)c1cccc(C(C)C)c1NC(c1ccccc1)c1cccc(-c2ccc(N(C)C)cc2)n1. The van der Waals surface area contributed by atoms with Crippen LogP contribution in [0.4, 0.5) is 11.4 Å². The van der Waals surface area contributed by atoms with Gasteiger partial charge in [-0.25, -0.2) is 0 Å². The molecule has 4 rings (SSSR count). The van der Waals surface area contributed by atoms with Gasteiger partial charge in [-0.05, 0) is 52.8 Å². The molecule has 0 saturated heterocycles. The lowest BCUT2D eigenvalue weighted by molar-refractivity contribution is 0.814. The van der Waals surface area contributed by atoms with Gasteiger partial charge in [-0.1, -0.05) is 94.4 Å². The Morgan fingerprint density at radius 1 is 0.657 bits per heavy atom. The first-order valence-corrected chi connectivity index (χ1v) is 12.5. The van der Waals surface area contributed by atoms with Gasteiger partial charge in [0.25, 0.3) is 0 Å². The fraction of sp³-hybridized carbons (Fsp3) is 0.281. The van der Waals surface area contributed by atoms with Gasteiger partial charge in [0, 0.05) is 31.0 Å². The second-order valence-electron chi connectivity index (χ2n) is 10.00. The molecule has 0 fully saturated rings. The van der Waals surface area contributed by atoms with Gasteiger partial charge in [0.15, 0.2) is 0 Å². The predicted octanol–water partition coefficient (Wildman–Crippen LogP) is 8.26. The average molecular weight is 464 g/mol. The normalized spacial score (nSPS) is 12.1. The summed E-state index contributed by atoms with van der Waals surface area (Å²) in [5.41, 5.74) is 9.41. The van der Waals surface area contributed by atoms with E-state index in [4.69, 9.17) is 4.98 Å². The Morgan fingerprint density at radius 2 is 1.26 bits per heavy atom. The maximum atomic E-state index is 5.16. The second-order valence-corrected chi connectivity index (χ2v) is 10.00. The van der Waals surface area contributed by atoms with Crippen LogP contribution in [0.25, 0.3) is 11.3 Å². The highest BCUT2D eigenvalue weighted by molar-refractivity contribution is 5.65. The molecule has 0 aliphatic carbocycles. The Labute approximate surface area is 210 Å². The smallest absolute Gasteiger partial charge is 0.0940 e. The number of pyridine rings is 1. The van der Waals surface area contributed by atoms with Crippen molar-refractivity contribution in [2.75, 3.05) is 24.3 Å². The zero-order chi connectivity index (χ0) is 24.9. The average Bonchev–Trinajstić information content (AvgIpc) is 2.87.